The van der Waals surface area contributed by atoms with Crippen LogP contribution in [0.1, 0.15) is 19.8 Å². The molecule has 0 aromatic rings. The Hall–Kier alpha value is -1.06. The zero-order chi connectivity index (χ0) is 8.43. The van der Waals surface area contributed by atoms with Crippen LogP contribution in [0.2, 0.25) is 0 Å². The van der Waals surface area contributed by atoms with Gasteiger partial charge in [-0.25, -0.2) is 0 Å². The summed E-state index contributed by atoms with van der Waals surface area (Å²) in [4.78, 5) is 21.5. The lowest BCUT2D eigenvalue weighted by molar-refractivity contribution is -0.127. The predicted molar refractivity (Wildman–Crippen MR) is 39.5 cm³/mol. The maximum Gasteiger partial charge on any atom is 0.239 e. The number of hydrogen-bond acceptors (Lipinski definition) is 2. The van der Waals surface area contributed by atoms with Gasteiger partial charge in [-0.3, -0.25) is 9.59 Å². The number of rotatable bonds is 3. The van der Waals surface area contributed by atoms with Gasteiger partial charge in [0.25, 0.3) is 0 Å². The molecule has 1 fully saturated rings. The van der Waals surface area contributed by atoms with Crippen molar-refractivity contribution < 1.29 is 9.59 Å². The lowest BCUT2D eigenvalue weighted by atomic mass is 10.3. The fourth-order valence-electron chi connectivity index (χ4n) is 0.748. The molecule has 1 rings (SSSR count). The van der Waals surface area contributed by atoms with Crippen LogP contribution in [0, 0.1) is 5.92 Å². The molecule has 0 saturated heterocycles. The molecule has 62 valence electrons. The summed E-state index contributed by atoms with van der Waals surface area (Å²) in [5.41, 5.74) is 4.95. The van der Waals surface area contributed by atoms with Crippen molar-refractivity contribution in [3.8, 4) is 0 Å². The Morgan fingerprint density at radius 1 is 1.55 bits per heavy atom. The molecule has 0 spiro atoms. The summed E-state index contributed by atoms with van der Waals surface area (Å²) in [6.07, 6.45) is 1.88. The quantitative estimate of drug-likeness (QED) is 0.572. The molecular weight excluding hydrogens is 144 g/mol. The van der Waals surface area contributed by atoms with Gasteiger partial charge < -0.3 is 11.1 Å². The van der Waals surface area contributed by atoms with Crippen LogP contribution >= 0.6 is 0 Å². The number of nitrogens with one attached hydrogen (secondary N) is 1. The Labute approximate surface area is 65.1 Å². The normalized spacial score (nSPS) is 19.0. The van der Waals surface area contributed by atoms with Gasteiger partial charge >= 0.3 is 0 Å². The number of amides is 2. The molecule has 4 heteroatoms. The van der Waals surface area contributed by atoms with Crippen molar-refractivity contribution in [3.63, 3.8) is 0 Å². The van der Waals surface area contributed by atoms with Gasteiger partial charge in [0.2, 0.25) is 11.8 Å². The minimum absolute atomic E-state index is 0.0451. The highest BCUT2D eigenvalue weighted by atomic mass is 16.2. The number of hydrogen-bond donors (Lipinski definition) is 2. The van der Waals surface area contributed by atoms with Gasteiger partial charge in [-0.15, -0.1) is 0 Å². The van der Waals surface area contributed by atoms with E-state index in [4.69, 9.17) is 5.73 Å². The number of carbonyl (C=O) groups excluding carboxylic acids is 2. The molecule has 0 radical (unpaired) electrons. The van der Waals surface area contributed by atoms with E-state index in [0.29, 0.717) is 0 Å². The van der Waals surface area contributed by atoms with Gasteiger partial charge in [0.15, 0.2) is 0 Å². The highest BCUT2D eigenvalue weighted by molar-refractivity contribution is 5.88. The van der Waals surface area contributed by atoms with E-state index in [0.717, 1.165) is 12.8 Å². The lowest BCUT2D eigenvalue weighted by Gasteiger charge is -2.08. The average molecular weight is 156 g/mol. The summed E-state index contributed by atoms with van der Waals surface area (Å²) in [7, 11) is 0. The molecule has 1 atom stereocenters. The first-order valence-electron chi connectivity index (χ1n) is 3.71. The third-order valence-corrected chi connectivity index (χ3v) is 1.73. The number of nitrogens with two attached hydrogens (primary N) is 1. The van der Waals surface area contributed by atoms with Crippen molar-refractivity contribution in [2.45, 2.75) is 25.8 Å². The van der Waals surface area contributed by atoms with Crippen LogP contribution in [0.3, 0.4) is 0 Å². The Kier molecular flexibility index (Phi) is 2.12. The second-order valence-corrected chi connectivity index (χ2v) is 2.91. The van der Waals surface area contributed by atoms with Crippen LogP contribution in [0.5, 0.6) is 0 Å². The van der Waals surface area contributed by atoms with Gasteiger partial charge in [0.1, 0.15) is 6.04 Å². The van der Waals surface area contributed by atoms with Gasteiger partial charge in [0, 0.05) is 5.92 Å². The van der Waals surface area contributed by atoms with E-state index in [1.54, 1.807) is 6.92 Å². The third-order valence-electron chi connectivity index (χ3n) is 1.73. The van der Waals surface area contributed by atoms with Crippen LogP contribution < -0.4 is 11.1 Å². The molecule has 0 bridgehead atoms. The van der Waals surface area contributed by atoms with E-state index >= 15 is 0 Å². The second-order valence-electron chi connectivity index (χ2n) is 2.91. The fourth-order valence-corrected chi connectivity index (χ4v) is 0.748. The molecule has 11 heavy (non-hydrogen) atoms. The van der Waals surface area contributed by atoms with Crippen LogP contribution in [0.25, 0.3) is 0 Å². The summed E-state index contributed by atoms with van der Waals surface area (Å²) < 4.78 is 0. The van der Waals surface area contributed by atoms with E-state index in [9.17, 15) is 9.59 Å². The third kappa shape index (κ3) is 2.22. The van der Waals surface area contributed by atoms with Crippen molar-refractivity contribution in [1.82, 2.24) is 5.32 Å². The Bertz CT molecular complexity index is 187. The molecular formula is C7H12N2O2. The van der Waals surface area contributed by atoms with Crippen LogP contribution in [-0.4, -0.2) is 17.9 Å². The maximum absolute atomic E-state index is 11.0. The highest BCUT2D eigenvalue weighted by Crippen LogP contribution is 2.28. The SMILES string of the molecule is C[C@H](NC(=O)C1CC1)C(N)=O. The molecule has 2 amide bonds. The molecule has 0 heterocycles. The van der Waals surface area contributed by atoms with E-state index in [-0.39, 0.29) is 11.8 Å². The first-order valence-corrected chi connectivity index (χ1v) is 3.71. The van der Waals surface area contributed by atoms with Gasteiger partial charge in [-0.1, -0.05) is 0 Å². The minimum Gasteiger partial charge on any atom is -0.368 e. The highest BCUT2D eigenvalue weighted by Gasteiger charge is 2.30. The number of primary amides is 1. The van der Waals surface area contributed by atoms with Crippen molar-refractivity contribution in [3.05, 3.63) is 0 Å². The van der Waals surface area contributed by atoms with Crippen molar-refractivity contribution >= 4 is 11.8 Å². The van der Waals surface area contributed by atoms with Gasteiger partial charge in [-0.05, 0) is 19.8 Å². The summed E-state index contributed by atoms with van der Waals surface area (Å²) in [6.45, 7) is 1.59. The predicted octanol–water partition coefficient (Wildman–Crippen LogP) is -0.614. The zero-order valence-corrected chi connectivity index (χ0v) is 6.46. The molecule has 0 unspecified atom stereocenters. The summed E-state index contributed by atoms with van der Waals surface area (Å²) in [5.74, 6) is -0.396. The van der Waals surface area contributed by atoms with Gasteiger partial charge in [0.05, 0.1) is 0 Å². The first kappa shape index (κ1) is 8.04. The second kappa shape index (κ2) is 2.90. The molecule has 0 aromatic carbocycles. The minimum atomic E-state index is -0.539. The topological polar surface area (TPSA) is 72.2 Å². The summed E-state index contributed by atoms with van der Waals surface area (Å²) in [5, 5.41) is 2.53. The van der Waals surface area contributed by atoms with E-state index < -0.39 is 11.9 Å². The van der Waals surface area contributed by atoms with E-state index in [2.05, 4.69) is 5.32 Å². The monoisotopic (exact) mass is 156 g/mol. The average Bonchev–Trinajstić information content (AvgIpc) is 2.67. The number of carbonyl (C=O) groups is 2. The van der Waals surface area contributed by atoms with E-state index in [1.165, 1.54) is 0 Å². The Morgan fingerprint density at radius 2 is 2.09 bits per heavy atom. The summed E-state index contributed by atoms with van der Waals surface area (Å²) in [6, 6.07) is -0.539. The maximum atomic E-state index is 11.0. The molecule has 0 aromatic heterocycles. The summed E-state index contributed by atoms with van der Waals surface area (Å²) >= 11 is 0. The fraction of sp³-hybridized carbons (Fsp3) is 0.714. The van der Waals surface area contributed by atoms with Gasteiger partial charge in [-0.2, -0.15) is 0 Å². The van der Waals surface area contributed by atoms with Crippen LogP contribution in [0.15, 0.2) is 0 Å². The molecule has 1 aliphatic carbocycles. The van der Waals surface area contributed by atoms with Crippen LogP contribution in [-0.2, 0) is 9.59 Å². The van der Waals surface area contributed by atoms with Crippen LogP contribution in [0.4, 0.5) is 0 Å². The first-order chi connectivity index (χ1) is 5.11. The zero-order valence-electron chi connectivity index (χ0n) is 6.46. The van der Waals surface area contributed by atoms with Crippen molar-refractivity contribution in [2.75, 3.05) is 0 Å². The molecule has 1 saturated carbocycles. The smallest absolute Gasteiger partial charge is 0.239 e. The Balaban J connectivity index is 2.28. The standard InChI is InChI=1S/C7H12N2O2/c1-4(6(8)10)9-7(11)5-2-3-5/h4-5H,2-3H2,1H3,(H2,8,10)(H,9,11)/t4-/m0/s1. The molecule has 0 aliphatic heterocycles. The van der Waals surface area contributed by atoms with Crippen molar-refractivity contribution in [1.29, 1.82) is 0 Å². The molecule has 4 nitrogen and oxygen atoms in total. The Morgan fingerprint density at radius 3 is 2.45 bits per heavy atom. The lowest BCUT2D eigenvalue weighted by Crippen LogP contribution is -2.42. The molecule has 3 N–H and O–H groups in total. The van der Waals surface area contributed by atoms with E-state index in [1.807, 2.05) is 0 Å². The largest absolute Gasteiger partial charge is 0.368 e. The van der Waals surface area contributed by atoms with Crippen molar-refractivity contribution in [2.24, 2.45) is 11.7 Å². The molecule has 1 aliphatic rings.